The van der Waals surface area contributed by atoms with Gasteiger partial charge in [0.1, 0.15) is 11.6 Å². The Morgan fingerprint density at radius 2 is 2.21 bits per heavy atom. The number of hydrogen-bond acceptors (Lipinski definition) is 2. The zero-order valence-electron chi connectivity index (χ0n) is 8.22. The fraction of sp³-hybridized carbons (Fsp3) is 0.455. The monoisotopic (exact) mass is 195 g/mol. The first-order valence-electron chi connectivity index (χ1n) is 4.89. The van der Waals surface area contributed by atoms with E-state index in [-0.39, 0.29) is 5.82 Å². The summed E-state index contributed by atoms with van der Waals surface area (Å²) in [5.41, 5.74) is 0.761. The first-order chi connectivity index (χ1) is 6.79. The average molecular weight is 195 g/mol. The summed E-state index contributed by atoms with van der Waals surface area (Å²) in [6.45, 7) is 0. The maximum atomic E-state index is 13.0. The molecule has 0 amide bonds. The van der Waals surface area contributed by atoms with Gasteiger partial charge in [-0.15, -0.1) is 0 Å². The summed E-state index contributed by atoms with van der Waals surface area (Å²) in [5, 5.41) is 3.27. The Labute approximate surface area is 83.1 Å². The lowest BCUT2D eigenvalue weighted by Crippen LogP contribution is -2.27. The molecule has 1 saturated carbocycles. The fourth-order valence-electron chi connectivity index (χ4n) is 1.57. The van der Waals surface area contributed by atoms with Crippen LogP contribution in [0.1, 0.15) is 19.3 Å². The Morgan fingerprint density at radius 3 is 2.79 bits per heavy atom. The van der Waals surface area contributed by atoms with Crippen LogP contribution in [-0.2, 0) is 0 Å². The Morgan fingerprint density at radius 1 is 1.43 bits per heavy atom. The summed E-state index contributed by atoms with van der Waals surface area (Å²) < 4.78 is 18.1. The molecule has 14 heavy (non-hydrogen) atoms. The van der Waals surface area contributed by atoms with E-state index in [1.807, 2.05) is 0 Å². The normalized spacial score (nSPS) is 16.1. The average Bonchev–Trinajstić information content (AvgIpc) is 2.12. The second-order valence-electron chi connectivity index (χ2n) is 3.62. The minimum Gasteiger partial charge on any atom is -0.495 e. The summed E-state index contributed by atoms with van der Waals surface area (Å²) in [7, 11) is 1.60. The number of ether oxygens (including phenoxy) is 1. The predicted octanol–water partition coefficient (Wildman–Crippen LogP) is 2.80. The molecule has 0 aromatic heterocycles. The van der Waals surface area contributed by atoms with Crippen LogP contribution in [0.3, 0.4) is 0 Å². The largest absolute Gasteiger partial charge is 0.495 e. The van der Waals surface area contributed by atoms with Crippen molar-refractivity contribution >= 4 is 5.69 Å². The summed E-state index contributed by atoms with van der Waals surface area (Å²) in [4.78, 5) is 0. The second-order valence-corrected chi connectivity index (χ2v) is 3.62. The third-order valence-electron chi connectivity index (χ3n) is 2.63. The summed E-state index contributed by atoms with van der Waals surface area (Å²) in [6.07, 6.45) is 3.59. The van der Waals surface area contributed by atoms with Gasteiger partial charge in [-0.05, 0) is 31.4 Å². The second kappa shape index (κ2) is 3.86. The lowest BCUT2D eigenvalue weighted by atomic mass is 9.93. The molecule has 1 aliphatic carbocycles. The molecular formula is C11H14FNO. The maximum Gasteiger partial charge on any atom is 0.142 e. The van der Waals surface area contributed by atoms with Gasteiger partial charge in [-0.1, -0.05) is 0 Å². The molecule has 0 saturated heterocycles. The maximum absolute atomic E-state index is 13.0. The SMILES string of the molecule is COc1ccc(F)cc1NC1CCC1. The smallest absolute Gasteiger partial charge is 0.142 e. The number of nitrogens with one attached hydrogen (secondary N) is 1. The highest BCUT2D eigenvalue weighted by Crippen LogP contribution is 2.29. The summed E-state index contributed by atoms with van der Waals surface area (Å²) in [6, 6.07) is 5.03. The number of methoxy groups -OCH3 is 1. The van der Waals surface area contributed by atoms with Crippen molar-refractivity contribution in [3.05, 3.63) is 24.0 Å². The van der Waals surface area contributed by atoms with Gasteiger partial charge in [-0.2, -0.15) is 0 Å². The molecule has 1 aromatic carbocycles. The van der Waals surface area contributed by atoms with E-state index in [0.717, 1.165) is 5.69 Å². The summed E-state index contributed by atoms with van der Waals surface area (Å²) >= 11 is 0. The fourth-order valence-corrected chi connectivity index (χ4v) is 1.57. The van der Waals surface area contributed by atoms with Crippen molar-refractivity contribution in [2.45, 2.75) is 25.3 Å². The van der Waals surface area contributed by atoms with Crippen LogP contribution in [0.25, 0.3) is 0 Å². The molecule has 2 nitrogen and oxygen atoms in total. The van der Waals surface area contributed by atoms with Crippen LogP contribution in [0.15, 0.2) is 18.2 Å². The Hall–Kier alpha value is -1.25. The lowest BCUT2D eigenvalue weighted by Gasteiger charge is -2.28. The van der Waals surface area contributed by atoms with Crippen LogP contribution >= 0.6 is 0 Å². The molecule has 1 N–H and O–H groups in total. The molecule has 0 radical (unpaired) electrons. The lowest BCUT2D eigenvalue weighted by molar-refractivity contribution is 0.408. The van der Waals surface area contributed by atoms with E-state index in [2.05, 4.69) is 5.32 Å². The highest BCUT2D eigenvalue weighted by Gasteiger charge is 2.18. The van der Waals surface area contributed by atoms with Crippen LogP contribution in [0.5, 0.6) is 5.75 Å². The third kappa shape index (κ3) is 1.81. The zero-order valence-corrected chi connectivity index (χ0v) is 8.22. The Kier molecular flexibility index (Phi) is 2.57. The third-order valence-corrected chi connectivity index (χ3v) is 2.63. The standard InChI is InChI=1S/C11H14FNO/c1-14-11-6-5-8(12)7-10(11)13-9-3-2-4-9/h5-7,9,13H,2-4H2,1H3. The number of rotatable bonds is 3. The van der Waals surface area contributed by atoms with Crippen molar-refractivity contribution in [1.29, 1.82) is 0 Å². The molecular weight excluding hydrogens is 181 g/mol. The van der Waals surface area contributed by atoms with Crippen molar-refractivity contribution in [2.24, 2.45) is 0 Å². The van der Waals surface area contributed by atoms with Crippen molar-refractivity contribution < 1.29 is 9.13 Å². The molecule has 0 unspecified atom stereocenters. The molecule has 1 aliphatic rings. The van der Waals surface area contributed by atoms with E-state index in [9.17, 15) is 4.39 Å². The summed E-state index contributed by atoms with van der Waals surface area (Å²) in [5.74, 6) is 0.478. The molecule has 2 rings (SSSR count). The van der Waals surface area contributed by atoms with Gasteiger partial charge in [-0.3, -0.25) is 0 Å². The van der Waals surface area contributed by atoms with Crippen LogP contribution in [0.2, 0.25) is 0 Å². The number of halogens is 1. The van der Waals surface area contributed by atoms with Gasteiger partial charge in [0.05, 0.1) is 12.8 Å². The highest BCUT2D eigenvalue weighted by atomic mass is 19.1. The van der Waals surface area contributed by atoms with Crippen LogP contribution in [0, 0.1) is 5.82 Å². The van der Waals surface area contributed by atoms with Gasteiger partial charge < -0.3 is 10.1 Å². The van der Waals surface area contributed by atoms with Crippen LogP contribution in [0.4, 0.5) is 10.1 Å². The minimum atomic E-state index is -0.229. The van der Waals surface area contributed by atoms with E-state index in [1.54, 1.807) is 13.2 Å². The van der Waals surface area contributed by atoms with Crippen molar-refractivity contribution in [2.75, 3.05) is 12.4 Å². The van der Waals surface area contributed by atoms with Gasteiger partial charge >= 0.3 is 0 Å². The molecule has 0 heterocycles. The highest BCUT2D eigenvalue weighted by molar-refractivity contribution is 5.57. The minimum absolute atomic E-state index is 0.229. The predicted molar refractivity (Wildman–Crippen MR) is 54.2 cm³/mol. The van der Waals surface area contributed by atoms with E-state index >= 15 is 0 Å². The number of anilines is 1. The van der Waals surface area contributed by atoms with Gasteiger partial charge in [-0.25, -0.2) is 4.39 Å². The zero-order chi connectivity index (χ0) is 9.97. The van der Waals surface area contributed by atoms with E-state index in [4.69, 9.17) is 4.74 Å². The first-order valence-corrected chi connectivity index (χ1v) is 4.89. The topological polar surface area (TPSA) is 21.3 Å². The van der Waals surface area contributed by atoms with Crippen molar-refractivity contribution in [3.8, 4) is 5.75 Å². The molecule has 0 aliphatic heterocycles. The Balaban J connectivity index is 2.15. The van der Waals surface area contributed by atoms with Crippen molar-refractivity contribution in [3.63, 3.8) is 0 Å². The molecule has 3 heteroatoms. The van der Waals surface area contributed by atoms with E-state index in [0.29, 0.717) is 11.8 Å². The number of benzene rings is 1. The molecule has 76 valence electrons. The van der Waals surface area contributed by atoms with Crippen LogP contribution < -0.4 is 10.1 Å². The van der Waals surface area contributed by atoms with Gasteiger partial charge in [0, 0.05) is 12.1 Å². The number of hydrogen-bond donors (Lipinski definition) is 1. The molecule has 0 atom stereocenters. The first kappa shape index (κ1) is 9.31. The van der Waals surface area contributed by atoms with Gasteiger partial charge in [0.15, 0.2) is 0 Å². The van der Waals surface area contributed by atoms with Crippen LogP contribution in [-0.4, -0.2) is 13.2 Å². The molecule has 0 spiro atoms. The molecule has 0 bridgehead atoms. The molecule has 1 fully saturated rings. The van der Waals surface area contributed by atoms with Crippen molar-refractivity contribution in [1.82, 2.24) is 0 Å². The van der Waals surface area contributed by atoms with Gasteiger partial charge in [0.25, 0.3) is 0 Å². The quantitative estimate of drug-likeness (QED) is 0.800. The van der Waals surface area contributed by atoms with E-state index < -0.39 is 0 Å². The van der Waals surface area contributed by atoms with Gasteiger partial charge in [0.2, 0.25) is 0 Å². The molecule has 1 aromatic rings. The van der Waals surface area contributed by atoms with E-state index in [1.165, 1.54) is 31.4 Å². The Bertz CT molecular complexity index is 323.